The molecule has 1 amide bonds. The Bertz CT molecular complexity index is 1180. The minimum absolute atomic E-state index is 0.0678. The zero-order valence-electron chi connectivity index (χ0n) is 18.2. The van der Waals surface area contributed by atoms with Crippen molar-refractivity contribution in [2.75, 3.05) is 17.8 Å². The highest BCUT2D eigenvalue weighted by Crippen LogP contribution is 2.37. The number of aryl methyl sites for hydroxylation is 1. The maximum atomic E-state index is 13.3. The molecule has 5 nitrogen and oxygen atoms in total. The number of aromatic nitrogens is 2. The van der Waals surface area contributed by atoms with Crippen LogP contribution in [0.25, 0.3) is 10.2 Å². The van der Waals surface area contributed by atoms with E-state index in [0.29, 0.717) is 18.1 Å². The first-order valence-electron chi connectivity index (χ1n) is 10.5. The van der Waals surface area contributed by atoms with Gasteiger partial charge in [-0.15, -0.1) is 11.8 Å². The van der Waals surface area contributed by atoms with Gasteiger partial charge in [-0.2, -0.15) is 0 Å². The minimum Gasteiger partial charge on any atom is -0.494 e. The van der Waals surface area contributed by atoms with Gasteiger partial charge in [-0.25, -0.2) is 4.98 Å². The number of thioether (sulfide) groups is 1. The van der Waals surface area contributed by atoms with Crippen LogP contribution in [-0.2, 0) is 11.3 Å². The van der Waals surface area contributed by atoms with E-state index in [9.17, 15) is 4.79 Å². The molecule has 0 saturated heterocycles. The average Bonchev–Trinajstić information content (AvgIpc) is 3.28. The molecule has 4 rings (SSSR count). The second-order valence-corrected chi connectivity index (χ2v) is 9.51. The number of rotatable bonds is 9. The smallest absolute Gasteiger partial charge is 0.229 e. The number of hydrogen-bond acceptors (Lipinski definition) is 6. The van der Waals surface area contributed by atoms with Gasteiger partial charge in [-0.3, -0.25) is 14.7 Å². The van der Waals surface area contributed by atoms with Gasteiger partial charge < -0.3 is 4.74 Å². The van der Waals surface area contributed by atoms with Gasteiger partial charge in [0.15, 0.2) is 5.13 Å². The third-order valence-corrected chi connectivity index (χ3v) is 7.37. The van der Waals surface area contributed by atoms with Crippen LogP contribution in [-0.4, -0.2) is 28.7 Å². The number of ether oxygens (including phenoxy) is 1. The fraction of sp³-hybridized carbons (Fsp3) is 0.240. The van der Waals surface area contributed by atoms with Crippen molar-refractivity contribution in [3.8, 4) is 5.75 Å². The summed E-state index contributed by atoms with van der Waals surface area (Å²) in [5.41, 5.74) is 2.90. The van der Waals surface area contributed by atoms with Crippen molar-refractivity contribution >= 4 is 44.4 Å². The number of carbonyl (C=O) groups is 1. The summed E-state index contributed by atoms with van der Waals surface area (Å²) in [4.78, 5) is 25.3. The highest BCUT2D eigenvalue weighted by molar-refractivity contribution is 7.99. The standard InChI is InChI=1S/C25H25N3O2S2/c1-18-12-13-21(30-2)23-24(18)32-25(27-23)28(17-19-8-6-14-26-16-19)22(29)11-7-15-31-20-9-4-3-5-10-20/h3-6,8-10,12-14,16H,7,11,15,17H2,1-2H3. The normalized spacial score (nSPS) is 10.9. The predicted molar refractivity (Wildman–Crippen MR) is 133 cm³/mol. The third kappa shape index (κ3) is 5.29. The summed E-state index contributed by atoms with van der Waals surface area (Å²) in [6.45, 7) is 2.50. The van der Waals surface area contributed by atoms with E-state index in [1.165, 1.54) is 16.2 Å². The Balaban J connectivity index is 1.54. The van der Waals surface area contributed by atoms with Gasteiger partial charge in [0, 0.05) is 23.7 Å². The summed E-state index contributed by atoms with van der Waals surface area (Å²) in [5.74, 6) is 1.68. The maximum absolute atomic E-state index is 13.3. The average molecular weight is 464 g/mol. The first kappa shape index (κ1) is 22.3. The topological polar surface area (TPSA) is 55.3 Å². The number of anilines is 1. The lowest BCUT2D eigenvalue weighted by Crippen LogP contribution is -2.30. The molecule has 2 aromatic heterocycles. The molecule has 32 heavy (non-hydrogen) atoms. The van der Waals surface area contributed by atoms with Crippen molar-refractivity contribution in [2.24, 2.45) is 0 Å². The van der Waals surface area contributed by atoms with Crippen LogP contribution in [0.1, 0.15) is 24.0 Å². The summed E-state index contributed by atoms with van der Waals surface area (Å²) in [6.07, 6.45) is 4.80. The second kappa shape index (κ2) is 10.6. The highest BCUT2D eigenvalue weighted by atomic mass is 32.2. The number of amides is 1. The Morgan fingerprint density at radius 1 is 1.12 bits per heavy atom. The molecule has 164 valence electrons. The fourth-order valence-electron chi connectivity index (χ4n) is 3.38. The molecule has 0 spiro atoms. The van der Waals surface area contributed by atoms with Gasteiger partial charge in [0.1, 0.15) is 11.3 Å². The monoisotopic (exact) mass is 463 g/mol. The Hall–Kier alpha value is -2.90. The molecule has 0 bridgehead atoms. The van der Waals surface area contributed by atoms with Crippen molar-refractivity contribution in [1.82, 2.24) is 9.97 Å². The quantitative estimate of drug-likeness (QED) is 0.221. The lowest BCUT2D eigenvalue weighted by molar-refractivity contribution is -0.118. The molecule has 0 aliphatic carbocycles. The lowest BCUT2D eigenvalue weighted by atomic mass is 10.2. The Labute approximate surface area is 196 Å². The van der Waals surface area contributed by atoms with E-state index in [2.05, 4.69) is 24.0 Å². The van der Waals surface area contributed by atoms with Crippen molar-refractivity contribution in [3.05, 3.63) is 78.1 Å². The zero-order chi connectivity index (χ0) is 22.3. The van der Waals surface area contributed by atoms with Crippen LogP contribution < -0.4 is 9.64 Å². The molecule has 4 aromatic rings. The third-order valence-electron chi connectivity index (χ3n) is 5.05. The maximum Gasteiger partial charge on any atom is 0.229 e. The van der Waals surface area contributed by atoms with Gasteiger partial charge in [-0.05, 0) is 54.5 Å². The van der Waals surface area contributed by atoms with E-state index < -0.39 is 0 Å². The SMILES string of the molecule is COc1ccc(C)c2sc(N(Cc3cccnc3)C(=O)CCCSc3ccccc3)nc12. The van der Waals surface area contributed by atoms with Crippen LogP contribution in [0.15, 0.2) is 71.9 Å². The van der Waals surface area contributed by atoms with Crippen molar-refractivity contribution in [1.29, 1.82) is 0 Å². The van der Waals surface area contributed by atoms with E-state index in [-0.39, 0.29) is 5.91 Å². The molecule has 0 aliphatic heterocycles. The first-order chi connectivity index (χ1) is 15.7. The van der Waals surface area contributed by atoms with Crippen LogP contribution in [0.4, 0.5) is 5.13 Å². The van der Waals surface area contributed by atoms with Gasteiger partial charge in [0.2, 0.25) is 5.91 Å². The summed E-state index contributed by atoms with van der Waals surface area (Å²) < 4.78 is 6.55. The lowest BCUT2D eigenvalue weighted by Gasteiger charge is -2.20. The van der Waals surface area contributed by atoms with E-state index in [1.54, 1.807) is 36.2 Å². The summed E-state index contributed by atoms with van der Waals surface area (Å²) in [7, 11) is 1.64. The van der Waals surface area contributed by atoms with Crippen LogP contribution in [0, 0.1) is 6.92 Å². The van der Waals surface area contributed by atoms with E-state index in [4.69, 9.17) is 9.72 Å². The number of pyridine rings is 1. The summed E-state index contributed by atoms with van der Waals surface area (Å²) in [6, 6.07) is 18.1. The summed E-state index contributed by atoms with van der Waals surface area (Å²) >= 11 is 3.31. The minimum atomic E-state index is 0.0678. The van der Waals surface area contributed by atoms with E-state index in [1.807, 2.05) is 42.5 Å². The summed E-state index contributed by atoms with van der Waals surface area (Å²) in [5, 5.41) is 0.692. The molecule has 7 heteroatoms. The van der Waals surface area contributed by atoms with Gasteiger partial charge in [0.25, 0.3) is 0 Å². The number of hydrogen-bond donors (Lipinski definition) is 0. The molecular formula is C25H25N3O2S2. The Kier molecular flexibility index (Phi) is 7.39. The second-order valence-electron chi connectivity index (χ2n) is 7.37. The highest BCUT2D eigenvalue weighted by Gasteiger charge is 2.22. The number of nitrogens with zero attached hydrogens (tertiary/aromatic N) is 3. The molecule has 0 saturated carbocycles. The van der Waals surface area contributed by atoms with Crippen LogP contribution in [0.2, 0.25) is 0 Å². The van der Waals surface area contributed by atoms with Gasteiger partial charge >= 0.3 is 0 Å². The number of benzene rings is 2. The molecule has 0 radical (unpaired) electrons. The van der Waals surface area contributed by atoms with Crippen molar-refractivity contribution in [3.63, 3.8) is 0 Å². The van der Waals surface area contributed by atoms with Crippen LogP contribution >= 0.6 is 23.1 Å². The molecule has 0 N–H and O–H groups in total. The van der Waals surface area contributed by atoms with Crippen molar-refractivity contribution < 1.29 is 9.53 Å². The van der Waals surface area contributed by atoms with Gasteiger partial charge in [0.05, 0.1) is 18.4 Å². The van der Waals surface area contributed by atoms with Gasteiger partial charge in [-0.1, -0.05) is 41.7 Å². The molecule has 0 aliphatic rings. The largest absolute Gasteiger partial charge is 0.494 e. The van der Waals surface area contributed by atoms with Crippen LogP contribution in [0.5, 0.6) is 5.75 Å². The van der Waals surface area contributed by atoms with Crippen LogP contribution in [0.3, 0.4) is 0 Å². The molecular weight excluding hydrogens is 438 g/mol. The molecule has 0 unspecified atom stereocenters. The molecule has 2 heterocycles. The first-order valence-corrected chi connectivity index (χ1v) is 12.3. The molecule has 0 fully saturated rings. The number of carbonyl (C=O) groups excluding carboxylic acids is 1. The van der Waals surface area contributed by atoms with Crippen molar-refractivity contribution in [2.45, 2.75) is 31.2 Å². The number of fused-ring (bicyclic) bond motifs is 1. The number of methoxy groups -OCH3 is 1. The fourth-order valence-corrected chi connectivity index (χ4v) is 5.32. The predicted octanol–water partition coefficient (Wildman–Crippen LogP) is 6.11. The molecule has 2 aromatic carbocycles. The molecule has 0 atom stereocenters. The van der Waals surface area contributed by atoms with E-state index >= 15 is 0 Å². The zero-order valence-corrected chi connectivity index (χ0v) is 19.8. The Morgan fingerprint density at radius 2 is 1.97 bits per heavy atom. The number of thiazole rings is 1. The van der Waals surface area contributed by atoms with E-state index in [0.717, 1.165) is 39.3 Å². The Morgan fingerprint density at radius 3 is 2.72 bits per heavy atom.